The maximum absolute atomic E-state index is 12.1. The van der Waals surface area contributed by atoms with E-state index in [1.165, 1.54) is 37.8 Å². The van der Waals surface area contributed by atoms with Crippen molar-refractivity contribution in [3.8, 4) is 5.75 Å². The zero-order chi connectivity index (χ0) is 14.6. The molecule has 1 aromatic carbocycles. The summed E-state index contributed by atoms with van der Waals surface area (Å²) in [5.74, 6) is 0.551. The Kier molecular flexibility index (Phi) is 4.91. The van der Waals surface area contributed by atoms with Gasteiger partial charge in [-0.05, 0) is 37.1 Å². The molecule has 2 rings (SSSR count). The summed E-state index contributed by atoms with van der Waals surface area (Å²) in [6.45, 7) is 0. The van der Waals surface area contributed by atoms with Gasteiger partial charge < -0.3 is 10.1 Å². The van der Waals surface area contributed by atoms with Crippen LogP contribution in [-0.4, -0.2) is 13.4 Å². The lowest BCUT2D eigenvalue weighted by molar-refractivity contribution is -0.274. The molecule has 1 aromatic rings. The molecule has 20 heavy (non-hydrogen) atoms. The smallest absolute Gasteiger partial charge is 0.406 e. The lowest BCUT2D eigenvalue weighted by Gasteiger charge is -2.21. The van der Waals surface area contributed by atoms with Crippen molar-refractivity contribution in [1.82, 2.24) is 5.32 Å². The first kappa shape index (κ1) is 15.2. The second kappa shape index (κ2) is 6.48. The van der Waals surface area contributed by atoms with Crippen molar-refractivity contribution in [2.24, 2.45) is 5.92 Å². The highest BCUT2D eigenvalue weighted by molar-refractivity contribution is 5.29. The molecule has 112 valence electrons. The predicted molar refractivity (Wildman–Crippen MR) is 71.5 cm³/mol. The molecule has 1 N–H and O–H groups in total. The molecule has 1 atom stereocenters. The van der Waals surface area contributed by atoms with Gasteiger partial charge in [-0.3, -0.25) is 0 Å². The molecule has 0 heterocycles. The molecule has 0 bridgehead atoms. The van der Waals surface area contributed by atoms with Gasteiger partial charge in [0.2, 0.25) is 0 Å². The zero-order valence-corrected chi connectivity index (χ0v) is 11.5. The summed E-state index contributed by atoms with van der Waals surface area (Å²) >= 11 is 0. The van der Waals surface area contributed by atoms with Gasteiger partial charge in [0.05, 0.1) is 0 Å². The molecular formula is C15H20F3NO. The van der Waals surface area contributed by atoms with E-state index in [0.29, 0.717) is 0 Å². The van der Waals surface area contributed by atoms with Gasteiger partial charge in [0.15, 0.2) is 0 Å². The molecule has 0 aliphatic heterocycles. The molecule has 1 aliphatic rings. The Labute approximate surface area is 117 Å². The molecule has 0 spiro atoms. The summed E-state index contributed by atoms with van der Waals surface area (Å²) in [5.41, 5.74) is 1.01. The van der Waals surface area contributed by atoms with Crippen LogP contribution in [0.25, 0.3) is 0 Å². The molecule has 1 aliphatic carbocycles. The van der Waals surface area contributed by atoms with E-state index in [4.69, 9.17) is 0 Å². The standard InChI is InChI=1S/C15H20F3NO/c1-19-14(10-11-4-2-3-5-11)12-6-8-13(9-7-12)20-15(16,17)18/h6-9,11,14,19H,2-5,10H2,1H3. The summed E-state index contributed by atoms with van der Waals surface area (Å²) < 4.78 is 40.2. The van der Waals surface area contributed by atoms with Crippen molar-refractivity contribution < 1.29 is 17.9 Å². The van der Waals surface area contributed by atoms with Gasteiger partial charge in [-0.25, -0.2) is 0 Å². The number of hydrogen-bond donors (Lipinski definition) is 1. The Bertz CT molecular complexity index is 410. The lowest BCUT2D eigenvalue weighted by atomic mass is 9.94. The van der Waals surface area contributed by atoms with Crippen LogP contribution in [0.2, 0.25) is 0 Å². The summed E-state index contributed by atoms with van der Waals surface area (Å²) in [6, 6.07) is 6.36. The summed E-state index contributed by atoms with van der Waals surface area (Å²) in [7, 11) is 1.89. The minimum Gasteiger partial charge on any atom is -0.406 e. The highest BCUT2D eigenvalue weighted by atomic mass is 19.4. The number of benzene rings is 1. The Balaban J connectivity index is 1.99. The average Bonchev–Trinajstić information content (AvgIpc) is 2.88. The number of halogens is 3. The van der Waals surface area contributed by atoms with Crippen molar-refractivity contribution in [2.45, 2.75) is 44.5 Å². The van der Waals surface area contributed by atoms with E-state index in [1.54, 1.807) is 12.1 Å². The van der Waals surface area contributed by atoms with Gasteiger partial charge in [0.25, 0.3) is 0 Å². The quantitative estimate of drug-likeness (QED) is 0.865. The van der Waals surface area contributed by atoms with E-state index in [9.17, 15) is 13.2 Å². The molecule has 1 fully saturated rings. The Morgan fingerprint density at radius 3 is 2.30 bits per heavy atom. The third-order valence-corrected chi connectivity index (χ3v) is 3.91. The highest BCUT2D eigenvalue weighted by Crippen LogP contribution is 2.33. The fourth-order valence-corrected chi connectivity index (χ4v) is 2.90. The van der Waals surface area contributed by atoms with Crippen LogP contribution in [0.4, 0.5) is 13.2 Å². The van der Waals surface area contributed by atoms with Crippen molar-refractivity contribution in [3.63, 3.8) is 0 Å². The first-order valence-electron chi connectivity index (χ1n) is 7.01. The first-order chi connectivity index (χ1) is 9.48. The highest BCUT2D eigenvalue weighted by Gasteiger charge is 2.31. The maximum Gasteiger partial charge on any atom is 0.573 e. The summed E-state index contributed by atoms with van der Waals surface area (Å²) in [6.07, 6.45) is 1.50. The van der Waals surface area contributed by atoms with Crippen LogP contribution < -0.4 is 10.1 Å². The monoisotopic (exact) mass is 287 g/mol. The van der Waals surface area contributed by atoms with E-state index >= 15 is 0 Å². The normalized spacial score (nSPS) is 18.2. The summed E-state index contributed by atoms with van der Waals surface area (Å²) in [4.78, 5) is 0. The number of ether oxygens (including phenoxy) is 1. The van der Waals surface area contributed by atoms with Crippen molar-refractivity contribution in [1.29, 1.82) is 0 Å². The van der Waals surface area contributed by atoms with Crippen LogP contribution in [0.15, 0.2) is 24.3 Å². The van der Waals surface area contributed by atoms with Crippen LogP contribution in [-0.2, 0) is 0 Å². The molecule has 5 heteroatoms. The Morgan fingerprint density at radius 1 is 1.20 bits per heavy atom. The Hall–Kier alpha value is -1.23. The van der Waals surface area contributed by atoms with Gasteiger partial charge in [0.1, 0.15) is 5.75 Å². The molecule has 0 radical (unpaired) electrons. The van der Waals surface area contributed by atoms with E-state index in [-0.39, 0.29) is 11.8 Å². The van der Waals surface area contributed by atoms with Crippen molar-refractivity contribution >= 4 is 0 Å². The van der Waals surface area contributed by atoms with E-state index in [0.717, 1.165) is 17.9 Å². The summed E-state index contributed by atoms with van der Waals surface area (Å²) in [5, 5.41) is 3.25. The topological polar surface area (TPSA) is 21.3 Å². The van der Waals surface area contributed by atoms with Crippen molar-refractivity contribution in [3.05, 3.63) is 29.8 Å². The Morgan fingerprint density at radius 2 is 1.80 bits per heavy atom. The van der Waals surface area contributed by atoms with Gasteiger partial charge in [-0.1, -0.05) is 37.8 Å². The van der Waals surface area contributed by atoms with E-state index < -0.39 is 6.36 Å². The fourth-order valence-electron chi connectivity index (χ4n) is 2.90. The van der Waals surface area contributed by atoms with E-state index in [2.05, 4.69) is 10.1 Å². The predicted octanol–water partition coefficient (Wildman–Crippen LogP) is 4.43. The fraction of sp³-hybridized carbons (Fsp3) is 0.600. The van der Waals surface area contributed by atoms with Crippen LogP contribution in [0.3, 0.4) is 0 Å². The zero-order valence-electron chi connectivity index (χ0n) is 11.5. The van der Waals surface area contributed by atoms with Gasteiger partial charge in [-0.15, -0.1) is 13.2 Å². The van der Waals surface area contributed by atoms with Gasteiger partial charge in [0, 0.05) is 6.04 Å². The van der Waals surface area contributed by atoms with Crippen LogP contribution >= 0.6 is 0 Å². The number of alkyl halides is 3. The average molecular weight is 287 g/mol. The molecular weight excluding hydrogens is 267 g/mol. The number of rotatable bonds is 5. The van der Waals surface area contributed by atoms with Gasteiger partial charge >= 0.3 is 6.36 Å². The molecule has 0 aromatic heterocycles. The second-order valence-corrected chi connectivity index (χ2v) is 5.34. The van der Waals surface area contributed by atoms with E-state index in [1.807, 2.05) is 7.05 Å². The van der Waals surface area contributed by atoms with Gasteiger partial charge in [-0.2, -0.15) is 0 Å². The molecule has 1 unspecified atom stereocenters. The second-order valence-electron chi connectivity index (χ2n) is 5.34. The number of hydrogen-bond acceptors (Lipinski definition) is 2. The minimum absolute atomic E-state index is 0.169. The molecule has 2 nitrogen and oxygen atoms in total. The van der Waals surface area contributed by atoms with Crippen LogP contribution in [0, 0.1) is 5.92 Å². The van der Waals surface area contributed by atoms with Crippen LogP contribution in [0.1, 0.15) is 43.7 Å². The lowest BCUT2D eigenvalue weighted by Crippen LogP contribution is -2.19. The minimum atomic E-state index is -4.63. The largest absolute Gasteiger partial charge is 0.573 e. The number of nitrogens with one attached hydrogen (secondary N) is 1. The van der Waals surface area contributed by atoms with Crippen molar-refractivity contribution in [2.75, 3.05) is 7.05 Å². The first-order valence-corrected chi connectivity index (χ1v) is 7.01. The molecule has 0 saturated heterocycles. The van der Waals surface area contributed by atoms with Crippen LogP contribution in [0.5, 0.6) is 5.75 Å². The molecule has 0 amide bonds. The maximum atomic E-state index is 12.1. The molecule has 1 saturated carbocycles. The third-order valence-electron chi connectivity index (χ3n) is 3.91. The third kappa shape index (κ3) is 4.40. The SMILES string of the molecule is CNC(CC1CCCC1)c1ccc(OC(F)(F)F)cc1.